The quantitative estimate of drug-likeness (QED) is 0.631. The lowest BCUT2D eigenvalue weighted by Crippen LogP contribution is -2.39. The highest BCUT2D eigenvalue weighted by Crippen LogP contribution is 2.26. The van der Waals surface area contributed by atoms with Gasteiger partial charge in [-0.3, -0.25) is 9.59 Å². The van der Waals surface area contributed by atoms with E-state index in [1.807, 2.05) is 37.3 Å². The van der Waals surface area contributed by atoms with Gasteiger partial charge in [0.2, 0.25) is 5.75 Å². The molecule has 1 amide bonds. The molecule has 150 valence electrons. The van der Waals surface area contributed by atoms with E-state index >= 15 is 0 Å². The fraction of sp³-hybridized carbons (Fsp3) is 0.364. The van der Waals surface area contributed by atoms with Gasteiger partial charge in [0.05, 0.1) is 5.52 Å². The summed E-state index contributed by atoms with van der Waals surface area (Å²) >= 11 is 0. The Kier molecular flexibility index (Phi) is 5.29. The van der Waals surface area contributed by atoms with Crippen molar-refractivity contribution in [3.63, 3.8) is 0 Å². The molecule has 1 aliphatic rings. The van der Waals surface area contributed by atoms with Crippen LogP contribution in [0.1, 0.15) is 49.5 Å². The van der Waals surface area contributed by atoms with E-state index in [4.69, 9.17) is 0 Å². The van der Waals surface area contributed by atoms with Crippen molar-refractivity contribution in [2.45, 2.75) is 45.1 Å². The van der Waals surface area contributed by atoms with Crippen LogP contribution in [0.5, 0.6) is 5.75 Å². The molecular formula is C22H24N4O3. The summed E-state index contributed by atoms with van der Waals surface area (Å²) in [6, 6.07) is 11.1. The maximum Gasteiger partial charge on any atom is 0.294 e. The van der Waals surface area contributed by atoms with Gasteiger partial charge in [-0.15, -0.1) is 0 Å². The summed E-state index contributed by atoms with van der Waals surface area (Å²) in [4.78, 5) is 36.2. The third kappa shape index (κ3) is 3.99. The van der Waals surface area contributed by atoms with Gasteiger partial charge in [0, 0.05) is 11.4 Å². The van der Waals surface area contributed by atoms with Crippen LogP contribution in [-0.2, 0) is 0 Å². The standard InChI is InChI=1S/C22H24N4O3/c1-13(14-7-3-2-4-8-14)23-21(28)18-19(27)22(29)26-20(25-18)17-12-11-15-9-5-6-10-16(15)24-17/h5-6,9-14,27H,2-4,7-8H2,1H3,(H,23,28)(H,25,26,29)/t13-/m0/s1. The molecule has 0 bridgehead atoms. The summed E-state index contributed by atoms with van der Waals surface area (Å²) in [7, 11) is 0. The second-order valence-electron chi connectivity index (χ2n) is 7.66. The van der Waals surface area contributed by atoms with E-state index in [1.54, 1.807) is 6.07 Å². The fourth-order valence-electron chi connectivity index (χ4n) is 3.97. The van der Waals surface area contributed by atoms with E-state index in [-0.39, 0.29) is 17.6 Å². The molecule has 0 spiro atoms. The minimum Gasteiger partial charge on any atom is -0.501 e. The zero-order valence-corrected chi connectivity index (χ0v) is 16.3. The monoisotopic (exact) mass is 392 g/mol. The first-order valence-corrected chi connectivity index (χ1v) is 10.0. The molecule has 3 aromatic rings. The Morgan fingerprint density at radius 1 is 1.14 bits per heavy atom. The third-order valence-corrected chi connectivity index (χ3v) is 5.67. The van der Waals surface area contributed by atoms with Gasteiger partial charge < -0.3 is 15.4 Å². The number of hydrogen-bond acceptors (Lipinski definition) is 5. The summed E-state index contributed by atoms with van der Waals surface area (Å²) in [6.07, 6.45) is 5.70. The van der Waals surface area contributed by atoms with Crippen LogP contribution in [0, 0.1) is 5.92 Å². The predicted octanol–water partition coefficient (Wildman–Crippen LogP) is 3.39. The predicted molar refractivity (Wildman–Crippen MR) is 111 cm³/mol. The van der Waals surface area contributed by atoms with Gasteiger partial charge in [-0.1, -0.05) is 43.5 Å². The molecule has 7 nitrogen and oxygen atoms in total. The molecule has 29 heavy (non-hydrogen) atoms. The van der Waals surface area contributed by atoms with Crippen molar-refractivity contribution in [1.29, 1.82) is 0 Å². The number of aromatic amines is 1. The normalized spacial score (nSPS) is 15.9. The van der Waals surface area contributed by atoms with Gasteiger partial charge in [0.1, 0.15) is 5.69 Å². The number of H-pyrrole nitrogens is 1. The molecular weight excluding hydrogens is 368 g/mol. The number of fused-ring (bicyclic) bond motifs is 1. The maximum absolute atomic E-state index is 12.8. The van der Waals surface area contributed by atoms with Gasteiger partial charge in [0.25, 0.3) is 11.5 Å². The Bertz CT molecular complexity index is 1100. The Labute approximate surface area is 168 Å². The number of nitrogens with zero attached hydrogens (tertiary/aromatic N) is 2. The molecule has 4 rings (SSSR count). The lowest BCUT2D eigenvalue weighted by atomic mass is 9.84. The number of hydrogen-bond donors (Lipinski definition) is 3. The zero-order valence-electron chi connectivity index (χ0n) is 16.3. The smallest absolute Gasteiger partial charge is 0.294 e. The summed E-state index contributed by atoms with van der Waals surface area (Å²) in [5.74, 6) is -0.677. The average Bonchev–Trinajstić information content (AvgIpc) is 2.75. The molecule has 0 radical (unpaired) electrons. The van der Waals surface area contributed by atoms with Crippen LogP contribution in [0.2, 0.25) is 0 Å². The first-order chi connectivity index (χ1) is 14.0. The van der Waals surface area contributed by atoms with Crippen molar-refractivity contribution in [2.75, 3.05) is 0 Å². The maximum atomic E-state index is 12.8. The second kappa shape index (κ2) is 8.03. The number of carbonyl (C=O) groups excluding carboxylic acids is 1. The molecule has 0 unspecified atom stereocenters. The largest absolute Gasteiger partial charge is 0.501 e. The lowest BCUT2D eigenvalue weighted by Gasteiger charge is -2.28. The van der Waals surface area contributed by atoms with Gasteiger partial charge in [-0.25, -0.2) is 9.97 Å². The topological polar surface area (TPSA) is 108 Å². The van der Waals surface area contributed by atoms with Crippen molar-refractivity contribution in [3.8, 4) is 17.3 Å². The van der Waals surface area contributed by atoms with Crippen LogP contribution < -0.4 is 10.9 Å². The molecule has 1 aromatic carbocycles. The highest BCUT2D eigenvalue weighted by Gasteiger charge is 2.25. The molecule has 2 heterocycles. The number of aromatic nitrogens is 3. The SMILES string of the molecule is C[C@H](NC(=O)c1nc(-c2ccc3ccccc3n2)[nH]c(=O)c1O)C1CCCCC1. The fourth-order valence-corrected chi connectivity index (χ4v) is 3.97. The lowest BCUT2D eigenvalue weighted by molar-refractivity contribution is 0.0911. The van der Waals surface area contributed by atoms with E-state index in [2.05, 4.69) is 20.3 Å². The summed E-state index contributed by atoms with van der Waals surface area (Å²) in [5.41, 5.74) is 0.134. The van der Waals surface area contributed by atoms with Gasteiger partial charge in [-0.05, 0) is 37.8 Å². The van der Waals surface area contributed by atoms with Gasteiger partial charge in [0.15, 0.2) is 11.5 Å². The Morgan fingerprint density at radius 3 is 2.69 bits per heavy atom. The van der Waals surface area contributed by atoms with Crippen LogP contribution in [0.3, 0.4) is 0 Å². The van der Waals surface area contributed by atoms with Crippen LogP contribution in [0.4, 0.5) is 0 Å². The highest BCUT2D eigenvalue weighted by atomic mass is 16.3. The number of benzene rings is 1. The van der Waals surface area contributed by atoms with Crippen molar-refractivity contribution in [3.05, 3.63) is 52.4 Å². The number of pyridine rings is 1. The van der Waals surface area contributed by atoms with E-state index < -0.39 is 17.2 Å². The molecule has 1 atom stereocenters. The van der Waals surface area contributed by atoms with E-state index in [0.29, 0.717) is 11.6 Å². The van der Waals surface area contributed by atoms with Gasteiger partial charge in [-0.2, -0.15) is 0 Å². The van der Waals surface area contributed by atoms with Crippen molar-refractivity contribution in [1.82, 2.24) is 20.3 Å². The molecule has 1 aliphatic carbocycles. The van der Waals surface area contributed by atoms with Crippen LogP contribution in [0.15, 0.2) is 41.2 Å². The molecule has 0 aliphatic heterocycles. The van der Waals surface area contributed by atoms with Crippen LogP contribution in [0.25, 0.3) is 22.4 Å². The molecule has 3 N–H and O–H groups in total. The Hall–Kier alpha value is -3.22. The number of rotatable bonds is 4. The number of amides is 1. The molecule has 0 saturated heterocycles. The highest BCUT2D eigenvalue weighted by molar-refractivity contribution is 5.95. The molecule has 1 saturated carbocycles. The van der Waals surface area contributed by atoms with E-state index in [1.165, 1.54) is 6.42 Å². The van der Waals surface area contributed by atoms with Crippen LogP contribution >= 0.6 is 0 Å². The Balaban J connectivity index is 1.64. The van der Waals surface area contributed by atoms with E-state index in [9.17, 15) is 14.7 Å². The molecule has 1 fully saturated rings. The van der Waals surface area contributed by atoms with Crippen molar-refractivity contribution < 1.29 is 9.90 Å². The molecule has 2 aromatic heterocycles. The number of nitrogens with one attached hydrogen (secondary N) is 2. The summed E-state index contributed by atoms with van der Waals surface area (Å²) in [6.45, 7) is 1.96. The van der Waals surface area contributed by atoms with Crippen LogP contribution in [-0.4, -0.2) is 32.0 Å². The first-order valence-electron chi connectivity index (χ1n) is 10.0. The summed E-state index contributed by atoms with van der Waals surface area (Å²) < 4.78 is 0. The minimum absolute atomic E-state index is 0.0504. The number of para-hydroxylation sites is 1. The molecule has 7 heteroatoms. The average molecular weight is 392 g/mol. The zero-order chi connectivity index (χ0) is 20.4. The Morgan fingerprint density at radius 2 is 1.90 bits per heavy atom. The number of carbonyl (C=O) groups is 1. The minimum atomic E-state index is -0.763. The van der Waals surface area contributed by atoms with Crippen molar-refractivity contribution in [2.24, 2.45) is 5.92 Å². The van der Waals surface area contributed by atoms with Crippen molar-refractivity contribution >= 4 is 16.8 Å². The first kappa shape index (κ1) is 19.1. The van der Waals surface area contributed by atoms with E-state index in [0.717, 1.165) is 36.6 Å². The second-order valence-corrected chi connectivity index (χ2v) is 7.66. The summed E-state index contributed by atoms with van der Waals surface area (Å²) in [5, 5.41) is 14.0. The van der Waals surface area contributed by atoms with Gasteiger partial charge >= 0.3 is 0 Å². The number of aromatic hydroxyl groups is 1. The third-order valence-electron chi connectivity index (χ3n) is 5.67.